The average Bonchev–Trinajstić information content (AvgIpc) is 2.11. The van der Waals surface area contributed by atoms with Gasteiger partial charge in [0.25, 0.3) is 0 Å². The fraction of sp³-hybridized carbons (Fsp3) is 0.667. The molecular formula is C6H13O5P. The van der Waals surface area contributed by atoms with E-state index in [-0.39, 0.29) is 6.61 Å². The summed E-state index contributed by atoms with van der Waals surface area (Å²) >= 11 is 0. The summed E-state index contributed by atoms with van der Waals surface area (Å²) < 4.78 is 13.3. The molecule has 0 rings (SSSR count). The fourth-order valence-corrected chi connectivity index (χ4v) is 0.942. The molecule has 0 aromatic carbocycles. The second-order valence-corrected chi connectivity index (χ2v) is 2.80. The Morgan fingerprint density at radius 1 is 1.58 bits per heavy atom. The number of hydrogen-bond donors (Lipinski definition) is 1. The van der Waals surface area contributed by atoms with Crippen LogP contribution in [0, 0.1) is 0 Å². The van der Waals surface area contributed by atoms with Gasteiger partial charge < -0.3 is 4.52 Å². The van der Waals surface area contributed by atoms with Crippen LogP contribution in [0.25, 0.3) is 0 Å². The first-order valence-corrected chi connectivity index (χ1v) is 4.59. The highest BCUT2D eigenvalue weighted by atomic mass is 31.2. The van der Waals surface area contributed by atoms with Gasteiger partial charge in [-0.15, -0.1) is 6.58 Å². The van der Waals surface area contributed by atoms with Gasteiger partial charge in [0.2, 0.25) is 0 Å². The first-order chi connectivity index (χ1) is 5.85. The summed E-state index contributed by atoms with van der Waals surface area (Å²) in [4.78, 5) is 4.53. The SMILES string of the molecule is C=CCOOP(OO)OCCC. The van der Waals surface area contributed by atoms with Crippen molar-refractivity contribution in [2.45, 2.75) is 13.3 Å². The largest absolute Gasteiger partial charge is 0.391 e. The van der Waals surface area contributed by atoms with Gasteiger partial charge in [0.1, 0.15) is 6.61 Å². The first kappa shape index (κ1) is 12.0. The molecule has 0 saturated heterocycles. The Labute approximate surface area is 72.7 Å². The fourth-order valence-electron chi connectivity index (χ4n) is 0.346. The summed E-state index contributed by atoms with van der Waals surface area (Å²) in [7, 11) is -1.79. The average molecular weight is 196 g/mol. The lowest BCUT2D eigenvalue weighted by molar-refractivity contribution is -0.241. The topological polar surface area (TPSA) is 57.2 Å². The van der Waals surface area contributed by atoms with Crippen LogP contribution in [0.4, 0.5) is 0 Å². The van der Waals surface area contributed by atoms with Crippen LogP contribution in [0.2, 0.25) is 0 Å². The van der Waals surface area contributed by atoms with Crippen LogP contribution in [0.15, 0.2) is 12.7 Å². The molecule has 0 aromatic rings. The summed E-state index contributed by atoms with van der Waals surface area (Å²) in [6.07, 6.45) is 2.32. The maximum absolute atomic E-state index is 8.22. The van der Waals surface area contributed by atoms with Crippen LogP contribution >= 0.6 is 8.60 Å². The molecule has 0 fully saturated rings. The lowest BCUT2D eigenvalue weighted by Crippen LogP contribution is -1.96. The van der Waals surface area contributed by atoms with Crippen LogP contribution in [-0.4, -0.2) is 18.5 Å². The highest BCUT2D eigenvalue weighted by Gasteiger charge is 2.12. The molecule has 12 heavy (non-hydrogen) atoms. The molecule has 1 atom stereocenters. The predicted molar refractivity (Wildman–Crippen MR) is 44.1 cm³/mol. The third-order valence-electron chi connectivity index (χ3n) is 0.767. The van der Waals surface area contributed by atoms with Crippen LogP contribution in [0.1, 0.15) is 13.3 Å². The summed E-state index contributed by atoms with van der Waals surface area (Å²) in [5.41, 5.74) is 0. The van der Waals surface area contributed by atoms with E-state index in [0.29, 0.717) is 6.61 Å². The summed E-state index contributed by atoms with van der Waals surface area (Å²) in [5.74, 6) is 0. The number of rotatable bonds is 8. The highest BCUT2D eigenvalue weighted by Crippen LogP contribution is 2.38. The molecule has 0 radical (unpaired) electrons. The van der Waals surface area contributed by atoms with Crippen LogP contribution < -0.4 is 0 Å². The normalized spacial score (nSPS) is 12.8. The maximum Gasteiger partial charge on any atom is 0.391 e. The molecule has 0 aliphatic heterocycles. The quantitative estimate of drug-likeness (QED) is 0.212. The second-order valence-electron chi connectivity index (χ2n) is 1.79. The Kier molecular flexibility index (Phi) is 9.04. The molecule has 0 saturated carbocycles. The van der Waals surface area contributed by atoms with Crippen molar-refractivity contribution in [3.05, 3.63) is 12.7 Å². The molecule has 6 heteroatoms. The van der Waals surface area contributed by atoms with Gasteiger partial charge in [0.15, 0.2) is 0 Å². The van der Waals surface area contributed by atoms with Gasteiger partial charge in [-0.2, -0.15) is 9.35 Å². The highest BCUT2D eigenvalue weighted by molar-refractivity contribution is 7.41. The van der Waals surface area contributed by atoms with Crippen LogP contribution in [-0.2, 0) is 18.8 Å². The Hall–Kier alpha value is -0.0300. The van der Waals surface area contributed by atoms with E-state index < -0.39 is 8.60 Å². The van der Waals surface area contributed by atoms with Crippen molar-refractivity contribution in [1.82, 2.24) is 0 Å². The van der Waals surface area contributed by atoms with E-state index in [1.54, 1.807) is 0 Å². The standard InChI is InChI=1S/C6H13O5P/c1-3-5-8-11-12(10-7)9-6-4-2/h3,7H,1,4-6H2,2H3. The zero-order chi connectivity index (χ0) is 9.23. The monoisotopic (exact) mass is 196 g/mol. The van der Waals surface area contributed by atoms with Gasteiger partial charge in [-0.05, 0) is 6.42 Å². The van der Waals surface area contributed by atoms with E-state index in [9.17, 15) is 0 Å². The van der Waals surface area contributed by atoms with Gasteiger partial charge in [-0.1, -0.05) is 13.0 Å². The molecule has 1 unspecified atom stereocenters. The molecule has 0 heterocycles. The Balaban J connectivity index is 3.32. The molecule has 0 amide bonds. The Morgan fingerprint density at radius 3 is 2.83 bits per heavy atom. The molecule has 0 aliphatic rings. The van der Waals surface area contributed by atoms with E-state index in [0.717, 1.165) is 6.42 Å². The molecule has 0 aromatic heterocycles. The van der Waals surface area contributed by atoms with Crippen molar-refractivity contribution in [3.8, 4) is 0 Å². The number of hydrogen-bond acceptors (Lipinski definition) is 5. The molecule has 0 bridgehead atoms. The molecule has 0 aliphatic carbocycles. The van der Waals surface area contributed by atoms with E-state index in [2.05, 4.69) is 20.8 Å². The van der Waals surface area contributed by atoms with E-state index >= 15 is 0 Å². The van der Waals surface area contributed by atoms with E-state index in [4.69, 9.17) is 9.78 Å². The van der Waals surface area contributed by atoms with Crippen molar-refractivity contribution < 1.29 is 24.0 Å². The summed E-state index contributed by atoms with van der Waals surface area (Å²) in [5, 5.41) is 8.22. The van der Waals surface area contributed by atoms with Gasteiger partial charge >= 0.3 is 8.60 Å². The van der Waals surface area contributed by atoms with Crippen molar-refractivity contribution in [2.24, 2.45) is 0 Å². The van der Waals surface area contributed by atoms with Gasteiger partial charge in [0, 0.05) is 0 Å². The third-order valence-corrected chi connectivity index (χ3v) is 1.52. The van der Waals surface area contributed by atoms with Crippen molar-refractivity contribution in [3.63, 3.8) is 0 Å². The van der Waals surface area contributed by atoms with Crippen molar-refractivity contribution in [1.29, 1.82) is 0 Å². The molecular weight excluding hydrogens is 183 g/mol. The minimum Gasteiger partial charge on any atom is -0.309 e. The summed E-state index contributed by atoms with van der Waals surface area (Å²) in [6, 6.07) is 0. The maximum atomic E-state index is 8.22. The minimum absolute atomic E-state index is 0.220. The van der Waals surface area contributed by atoms with Crippen LogP contribution in [0.3, 0.4) is 0 Å². The van der Waals surface area contributed by atoms with E-state index in [1.165, 1.54) is 6.08 Å². The van der Waals surface area contributed by atoms with E-state index in [1.807, 2.05) is 6.92 Å². The lowest BCUT2D eigenvalue weighted by Gasteiger charge is -2.09. The molecule has 0 spiro atoms. The third kappa shape index (κ3) is 6.67. The smallest absolute Gasteiger partial charge is 0.309 e. The first-order valence-electron chi connectivity index (χ1n) is 3.50. The Morgan fingerprint density at radius 2 is 2.33 bits per heavy atom. The zero-order valence-corrected chi connectivity index (χ0v) is 7.83. The van der Waals surface area contributed by atoms with Gasteiger partial charge in [-0.3, -0.25) is 0 Å². The molecule has 72 valence electrons. The van der Waals surface area contributed by atoms with Crippen molar-refractivity contribution in [2.75, 3.05) is 13.2 Å². The van der Waals surface area contributed by atoms with Gasteiger partial charge in [-0.25, -0.2) is 10.1 Å². The summed E-state index contributed by atoms with van der Waals surface area (Å²) in [6.45, 7) is 6.00. The predicted octanol–water partition coefficient (Wildman–Crippen LogP) is 2.26. The second kappa shape index (κ2) is 9.06. The minimum atomic E-state index is -1.79. The lowest BCUT2D eigenvalue weighted by atomic mass is 10.5. The van der Waals surface area contributed by atoms with Gasteiger partial charge in [0.05, 0.1) is 6.61 Å². The molecule has 1 N–H and O–H groups in total. The molecule has 5 nitrogen and oxygen atoms in total. The van der Waals surface area contributed by atoms with Crippen LogP contribution in [0.5, 0.6) is 0 Å². The van der Waals surface area contributed by atoms with Crippen molar-refractivity contribution >= 4 is 8.60 Å². The zero-order valence-electron chi connectivity index (χ0n) is 6.93. The Bertz CT molecular complexity index is 110.